The maximum atomic E-state index is 12.8. The smallest absolute Gasteiger partial charge is 0.189 e. The van der Waals surface area contributed by atoms with E-state index in [1.807, 2.05) is 53.1 Å². The van der Waals surface area contributed by atoms with E-state index >= 15 is 0 Å². The predicted molar refractivity (Wildman–Crippen MR) is 93.8 cm³/mol. The second kappa shape index (κ2) is 5.80. The molecule has 0 saturated carbocycles. The first kappa shape index (κ1) is 15.0. The molecule has 0 fully saturated rings. The molecule has 1 aromatic carbocycles. The molecule has 24 heavy (non-hydrogen) atoms. The number of hydrogen-bond acceptors (Lipinski definition) is 3. The topological polar surface area (TPSA) is 43.6 Å². The van der Waals surface area contributed by atoms with Gasteiger partial charge in [0.25, 0.3) is 0 Å². The van der Waals surface area contributed by atoms with Crippen LogP contribution >= 0.6 is 11.6 Å². The summed E-state index contributed by atoms with van der Waals surface area (Å²) in [4.78, 5) is 17.1. The van der Waals surface area contributed by atoms with Gasteiger partial charge >= 0.3 is 0 Å². The van der Waals surface area contributed by atoms with E-state index in [9.17, 15) is 4.79 Å². The van der Waals surface area contributed by atoms with E-state index in [1.165, 1.54) is 0 Å². The zero-order chi connectivity index (χ0) is 16.7. The number of aromatic nitrogens is 2. The number of methoxy groups -OCH3 is 1. The van der Waals surface area contributed by atoms with Crippen molar-refractivity contribution >= 4 is 29.1 Å². The molecule has 0 unspecified atom stereocenters. The van der Waals surface area contributed by atoms with Crippen LogP contribution in [0.4, 0.5) is 0 Å². The largest absolute Gasteiger partial charge is 0.497 e. The van der Waals surface area contributed by atoms with Crippen molar-refractivity contribution in [1.82, 2.24) is 9.38 Å². The number of aryl methyl sites for hydroxylation is 1. The lowest BCUT2D eigenvalue weighted by atomic mass is 9.86. The van der Waals surface area contributed by atoms with Crippen molar-refractivity contribution in [2.45, 2.75) is 12.8 Å². The first-order chi connectivity index (χ1) is 11.7. The molecule has 1 aliphatic rings. The number of hydrogen-bond donors (Lipinski definition) is 0. The highest BCUT2D eigenvalue weighted by Gasteiger charge is 2.23. The molecule has 0 N–H and O–H groups in total. The molecule has 0 amide bonds. The summed E-state index contributed by atoms with van der Waals surface area (Å²) >= 11 is 6.27. The molecule has 0 spiro atoms. The van der Waals surface area contributed by atoms with Gasteiger partial charge in [0, 0.05) is 17.3 Å². The number of rotatable bonds is 2. The molecule has 0 bridgehead atoms. The van der Waals surface area contributed by atoms with Crippen LogP contribution in [0.25, 0.3) is 11.7 Å². The minimum Gasteiger partial charge on any atom is -0.497 e. The number of allylic oxidation sites excluding steroid dienone is 1. The second-order valence-corrected chi connectivity index (χ2v) is 6.10. The van der Waals surface area contributed by atoms with Crippen LogP contribution in [0.5, 0.6) is 5.75 Å². The van der Waals surface area contributed by atoms with Gasteiger partial charge in [0.2, 0.25) is 0 Å². The number of carbonyl (C=O) groups is 1. The number of carbonyl (C=O) groups excluding carboxylic acids is 1. The van der Waals surface area contributed by atoms with Crippen molar-refractivity contribution in [3.63, 3.8) is 0 Å². The summed E-state index contributed by atoms with van der Waals surface area (Å²) < 4.78 is 7.13. The van der Waals surface area contributed by atoms with Crippen molar-refractivity contribution < 1.29 is 9.53 Å². The quantitative estimate of drug-likeness (QED) is 0.657. The predicted octanol–water partition coefficient (Wildman–Crippen LogP) is 4.21. The summed E-state index contributed by atoms with van der Waals surface area (Å²) in [6, 6.07) is 11.3. The highest BCUT2D eigenvalue weighted by atomic mass is 35.5. The maximum Gasteiger partial charge on any atom is 0.189 e. The van der Waals surface area contributed by atoms with Crippen LogP contribution in [-0.2, 0) is 6.42 Å². The monoisotopic (exact) mass is 338 g/mol. The number of nitrogens with zero attached hydrogens (tertiary/aromatic N) is 2. The Balaban J connectivity index is 1.78. The fourth-order valence-electron chi connectivity index (χ4n) is 3.10. The Morgan fingerprint density at radius 2 is 2.12 bits per heavy atom. The van der Waals surface area contributed by atoms with E-state index in [0.717, 1.165) is 40.2 Å². The Morgan fingerprint density at radius 1 is 1.25 bits per heavy atom. The zero-order valence-corrected chi connectivity index (χ0v) is 13.9. The third kappa shape index (κ3) is 2.39. The molecule has 1 aliphatic carbocycles. The first-order valence-corrected chi connectivity index (χ1v) is 8.10. The number of Topliss-reactive ketones (excluding diaryl/α,β-unsaturated/α-hetero) is 1. The molecule has 0 radical (unpaired) electrons. The van der Waals surface area contributed by atoms with Crippen molar-refractivity contribution in [1.29, 1.82) is 0 Å². The van der Waals surface area contributed by atoms with Crippen molar-refractivity contribution in [2.75, 3.05) is 7.11 Å². The third-order valence-corrected chi connectivity index (χ3v) is 4.62. The summed E-state index contributed by atoms with van der Waals surface area (Å²) in [7, 11) is 1.63. The third-order valence-electron chi connectivity index (χ3n) is 4.35. The molecule has 4 nitrogen and oxygen atoms in total. The number of ether oxygens (including phenoxy) is 1. The Kier molecular flexibility index (Phi) is 3.62. The van der Waals surface area contributed by atoms with Crippen molar-refractivity contribution in [3.05, 3.63) is 70.1 Å². The molecule has 3 aromatic rings. The fourth-order valence-corrected chi connectivity index (χ4v) is 3.33. The van der Waals surface area contributed by atoms with E-state index in [1.54, 1.807) is 7.11 Å². The number of halogens is 1. The van der Waals surface area contributed by atoms with Crippen molar-refractivity contribution in [2.24, 2.45) is 0 Å². The average molecular weight is 339 g/mol. The highest BCUT2D eigenvalue weighted by molar-refractivity contribution is 6.31. The summed E-state index contributed by atoms with van der Waals surface area (Å²) in [5.74, 6) is 0.819. The van der Waals surface area contributed by atoms with Crippen LogP contribution in [0.15, 0.2) is 48.2 Å². The minimum absolute atomic E-state index is 0.0425. The summed E-state index contributed by atoms with van der Waals surface area (Å²) in [5.41, 5.74) is 4.02. The van der Waals surface area contributed by atoms with E-state index in [0.29, 0.717) is 11.6 Å². The van der Waals surface area contributed by atoms with Crippen LogP contribution in [0, 0.1) is 0 Å². The van der Waals surface area contributed by atoms with Gasteiger partial charge in [-0.15, -0.1) is 0 Å². The Bertz CT molecular complexity index is 988. The van der Waals surface area contributed by atoms with E-state index in [4.69, 9.17) is 16.3 Å². The molecular formula is C19H15ClN2O2. The normalized spacial score (nSPS) is 15.8. The lowest BCUT2D eigenvalue weighted by Crippen LogP contribution is -2.14. The lowest BCUT2D eigenvalue weighted by molar-refractivity contribution is 0.102. The van der Waals surface area contributed by atoms with E-state index in [2.05, 4.69) is 4.98 Å². The Labute approximate surface area is 144 Å². The second-order valence-electron chi connectivity index (χ2n) is 5.74. The molecule has 120 valence electrons. The zero-order valence-electron chi connectivity index (χ0n) is 13.1. The number of ketones is 1. The van der Waals surface area contributed by atoms with Crippen LogP contribution < -0.4 is 4.74 Å². The number of imidazole rings is 1. The molecule has 2 aromatic heterocycles. The fraction of sp³-hybridized carbons (Fsp3) is 0.158. The van der Waals surface area contributed by atoms with Crippen LogP contribution in [0.1, 0.15) is 28.0 Å². The van der Waals surface area contributed by atoms with Gasteiger partial charge in [-0.2, -0.15) is 0 Å². The first-order valence-electron chi connectivity index (χ1n) is 7.72. The number of benzene rings is 1. The lowest BCUT2D eigenvalue weighted by Gasteiger charge is -2.18. The number of pyridine rings is 1. The molecule has 2 heterocycles. The summed E-state index contributed by atoms with van der Waals surface area (Å²) in [6.45, 7) is 0. The van der Waals surface area contributed by atoms with Gasteiger partial charge in [-0.1, -0.05) is 17.7 Å². The van der Waals surface area contributed by atoms with Gasteiger partial charge in [0.05, 0.1) is 12.8 Å². The van der Waals surface area contributed by atoms with Gasteiger partial charge in [-0.3, -0.25) is 9.20 Å². The minimum atomic E-state index is 0.0425. The summed E-state index contributed by atoms with van der Waals surface area (Å²) in [6.07, 6.45) is 5.23. The maximum absolute atomic E-state index is 12.8. The van der Waals surface area contributed by atoms with Gasteiger partial charge in [0.1, 0.15) is 11.4 Å². The van der Waals surface area contributed by atoms with E-state index < -0.39 is 0 Å². The van der Waals surface area contributed by atoms with Crippen LogP contribution in [0.2, 0.25) is 5.15 Å². The molecule has 5 heteroatoms. The van der Waals surface area contributed by atoms with Crippen LogP contribution in [0.3, 0.4) is 0 Å². The van der Waals surface area contributed by atoms with Crippen molar-refractivity contribution in [3.8, 4) is 5.75 Å². The SMILES string of the molecule is COc1ccc2c(c1)CC/C(=C\c1c(Cl)nc3ccccn13)C2=O. The average Bonchev–Trinajstić information content (AvgIpc) is 2.92. The van der Waals surface area contributed by atoms with Gasteiger partial charge in [0.15, 0.2) is 10.9 Å². The van der Waals surface area contributed by atoms with Crippen LogP contribution in [-0.4, -0.2) is 22.3 Å². The highest BCUT2D eigenvalue weighted by Crippen LogP contribution is 2.30. The summed E-state index contributed by atoms with van der Waals surface area (Å²) in [5, 5.41) is 0.405. The van der Waals surface area contributed by atoms with Gasteiger partial charge in [-0.25, -0.2) is 4.98 Å². The molecule has 0 saturated heterocycles. The molecular weight excluding hydrogens is 324 g/mol. The molecule has 0 aliphatic heterocycles. The Hall–Kier alpha value is -2.59. The van der Waals surface area contributed by atoms with Gasteiger partial charge < -0.3 is 4.74 Å². The van der Waals surface area contributed by atoms with E-state index in [-0.39, 0.29) is 5.78 Å². The standard InChI is InChI=1S/C19H15ClN2O2/c1-24-14-7-8-15-12(10-14)5-6-13(18(15)23)11-16-19(20)21-17-4-2-3-9-22(16)17/h2-4,7-11H,5-6H2,1H3/b13-11+. The molecule has 4 rings (SSSR count). The molecule has 0 atom stereocenters. The number of fused-ring (bicyclic) bond motifs is 2. The van der Waals surface area contributed by atoms with Gasteiger partial charge in [-0.05, 0) is 54.8 Å². The Morgan fingerprint density at radius 3 is 2.96 bits per heavy atom.